The Morgan fingerprint density at radius 2 is 2.28 bits per heavy atom. The number of carboxylic acid groups (broad SMARTS) is 1. The Kier molecular flexibility index (Phi) is 3.31. The highest BCUT2D eigenvalue weighted by Gasteiger charge is 2.11. The highest BCUT2D eigenvalue weighted by atomic mass is 19.1. The monoisotopic (exact) mass is 250 g/mol. The molecule has 0 bridgehead atoms. The number of aliphatic carboxylic acids is 1. The Bertz CT molecular complexity index is 582. The highest BCUT2D eigenvalue weighted by Crippen LogP contribution is 2.19. The molecule has 7 heteroatoms. The van der Waals surface area contributed by atoms with Crippen molar-refractivity contribution in [1.29, 1.82) is 0 Å². The number of nitrogens with zero attached hydrogens (tertiary/aromatic N) is 4. The summed E-state index contributed by atoms with van der Waals surface area (Å²) >= 11 is 0. The van der Waals surface area contributed by atoms with Crippen molar-refractivity contribution in [1.82, 2.24) is 20.2 Å². The van der Waals surface area contributed by atoms with Crippen molar-refractivity contribution in [3.05, 3.63) is 29.6 Å². The van der Waals surface area contributed by atoms with Gasteiger partial charge in [0, 0.05) is 5.56 Å². The number of tetrazole rings is 1. The maximum atomic E-state index is 13.2. The number of hydrogen-bond donors (Lipinski definition) is 1. The predicted molar refractivity (Wildman–Crippen MR) is 60.2 cm³/mol. The first-order valence-corrected chi connectivity index (χ1v) is 5.32. The molecule has 0 spiro atoms. The summed E-state index contributed by atoms with van der Waals surface area (Å²) in [7, 11) is 0. The van der Waals surface area contributed by atoms with Crippen LogP contribution in [0.1, 0.15) is 12.0 Å². The smallest absolute Gasteiger partial charge is 0.305 e. The Balaban J connectivity index is 2.30. The van der Waals surface area contributed by atoms with Crippen LogP contribution in [-0.4, -0.2) is 31.3 Å². The highest BCUT2D eigenvalue weighted by molar-refractivity contribution is 5.66. The molecule has 2 rings (SSSR count). The molecule has 6 nitrogen and oxygen atoms in total. The van der Waals surface area contributed by atoms with Gasteiger partial charge in [0.15, 0.2) is 5.82 Å². The molecule has 18 heavy (non-hydrogen) atoms. The first kappa shape index (κ1) is 12.2. The predicted octanol–water partition coefficient (Wildman–Crippen LogP) is 1.26. The second kappa shape index (κ2) is 4.91. The van der Waals surface area contributed by atoms with Crippen LogP contribution in [0.2, 0.25) is 0 Å². The lowest BCUT2D eigenvalue weighted by atomic mass is 10.1. The number of carboxylic acids is 1. The molecule has 94 valence electrons. The van der Waals surface area contributed by atoms with E-state index in [-0.39, 0.29) is 18.8 Å². The van der Waals surface area contributed by atoms with E-state index in [0.29, 0.717) is 17.0 Å². The van der Waals surface area contributed by atoms with Crippen molar-refractivity contribution in [2.45, 2.75) is 19.9 Å². The molecule has 0 saturated carbocycles. The summed E-state index contributed by atoms with van der Waals surface area (Å²) in [6.07, 6.45) is -0.0712. The number of halogens is 1. The van der Waals surface area contributed by atoms with Crippen LogP contribution in [0.15, 0.2) is 18.2 Å². The van der Waals surface area contributed by atoms with Gasteiger partial charge in [0.2, 0.25) is 0 Å². The molecular formula is C11H11FN4O2. The average Bonchev–Trinajstić information content (AvgIpc) is 2.78. The third-order valence-electron chi connectivity index (χ3n) is 2.49. The van der Waals surface area contributed by atoms with Crippen molar-refractivity contribution in [2.24, 2.45) is 0 Å². The van der Waals surface area contributed by atoms with Gasteiger partial charge in [0.25, 0.3) is 0 Å². The van der Waals surface area contributed by atoms with Crippen molar-refractivity contribution >= 4 is 5.97 Å². The van der Waals surface area contributed by atoms with Gasteiger partial charge >= 0.3 is 5.97 Å². The average molecular weight is 250 g/mol. The van der Waals surface area contributed by atoms with Crippen molar-refractivity contribution in [2.75, 3.05) is 0 Å². The summed E-state index contributed by atoms with van der Waals surface area (Å²) in [5, 5.41) is 19.7. The first-order valence-electron chi connectivity index (χ1n) is 5.32. The number of rotatable bonds is 4. The molecule has 0 unspecified atom stereocenters. The van der Waals surface area contributed by atoms with E-state index in [2.05, 4.69) is 15.5 Å². The van der Waals surface area contributed by atoms with E-state index < -0.39 is 5.97 Å². The molecule has 2 aromatic rings. The first-order chi connectivity index (χ1) is 8.58. The lowest BCUT2D eigenvalue weighted by Crippen LogP contribution is -2.07. The third-order valence-corrected chi connectivity index (χ3v) is 2.49. The summed E-state index contributed by atoms with van der Waals surface area (Å²) in [4.78, 5) is 10.5. The van der Waals surface area contributed by atoms with Gasteiger partial charge < -0.3 is 5.11 Å². The van der Waals surface area contributed by atoms with Crippen LogP contribution >= 0.6 is 0 Å². The maximum Gasteiger partial charge on any atom is 0.305 e. The van der Waals surface area contributed by atoms with Gasteiger partial charge in [0.05, 0.1) is 13.0 Å². The zero-order valence-corrected chi connectivity index (χ0v) is 9.67. The van der Waals surface area contributed by atoms with Gasteiger partial charge in [-0.15, -0.1) is 5.10 Å². The largest absolute Gasteiger partial charge is 0.481 e. The maximum absolute atomic E-state index is 13.2. The van der Waals surface area contributed by atoms with Crippen LogP contribution in [0.25, 0.3) is 11.4 Å². The summed E-state index contributed by atoms with van der Waals surface area (Å²) in [5.74, 6) is -0.797. The normalized spacial score (nSPS) is 10.6. The van der Waals surface area contributed by atoms with E-state index in [4.69, 9.17) is 5.11 Å². The fourth-order valence-electron chi connectivity index (χ4n) is 1.55. The van der Waals surface area contributed by atoms with E-state index in [9.17, 15) is 9.18 Å². The molecule has 0 saturated heterocycles. The van der Waals surface area contributed by atoms with E-state index >= 15 is 0 Å². The molecule has 0 fully saturated rings. The second-order valence-corrected chi connectivity index (χ2v) is 3.83. The molecule has 0 aliphatic rings. The van der Waals surface area contributed by atoms with Crippen LogP contribution in [0.3, 0.4) is 0 Å². The number of aromatic nitrogens is 4. The Labute approximate surface area is 102 Å². The molecule has 0 aliphatic heterocycles. The van der Waals surface area contributed by atoms with Crippen LogP contribution in [-0.2, 0) is 11.3 Å². The minimum Gasteiger partial charge on any atom is -0.481 e. The van der Waals surface area contributed by atoms with Crippen LogP contribution in [0.4, 0.5) is 4.39 Å². The molecule has 1 aromatic carbocycles. The van der Waals surface area contributed by atoms with E-state index in [1.165, 1.54) is 10.7 Å². The minimum atomic E-state index is -0.924. The molecule has 0 atom stereocenters. The van der Waals surface area contributed by atoms with Crippen molar-refractivity contribution in [3.8, 4) is 11.4 Å². The quantitative estimate of drug-likeness (QED) is 0.883. The SMILES string of the molecule is Cc1cc(-c2nnnn2CCC(=O)O)ccc1F. The number of carbonyl (C=O) groups is 1. The number of aryl methyl sites for hydroxylation is 2. The standard InChI is InChI=1S/C11H11FN4O2/c1-7-6-8(2-3-9(7)12)11-13-14-15-16(11)5-4-10(17)18/h2-3,6H,4-5H2,1H3,(H,17,18). The zero-order chi connectivity index (χ0) is 13.1. The fraction of sp³-hybridized carbons (Fsp3) is 0.273. The van der Waals surface area contributed by atoms with Crippen molar-refractivity contribution in [3.63, 3.8) is 0 Å². The lowest BCUT2D eigenvalue weighted by molar-refractivity contribution is -0.137. The van der Waals surface area contributed by atoms with Gasteiger partial charge in [-0.05, 0) is 41.1 Å². The van der Waals surface area contributed by atoms with Gasteiger partial charge in [-0.3, -0.25) is 4.79 Å². The Hall–Kier alpha value is -2.31. The van der Waals surface area contributed by atoms with Gasteiger partial charge in [-0.2, -0.15) is 0 Å². The topological polar surface area (TPSA) is 80.9 Å². The van der Waals surface area contributed by atoms with E-state index in [1.54, 1.807) is 19.1 Å². The Morgan fingerprint density at radius 3 is 2.94 bits per heavy atom. The number of hydrogen-bond acceptors (Lipinski definition) is 4. The molecule has 0 radical (unpaired) electrons. The zero-order valence-electron chi connectivity index (χ0n) is 9.67. The Morgan fingerprint density at radius 1 is 1.50 bits per heavy atom. The summed E-state index contributed by atoms with van der Waals surface area (Å²) in [5.41, 5.74) is 1.14. The summed E-state index contributed by atoms with van der Waals surface area (Å²) in [6.45, 7) is 1.82. The third kappa shape index (κ3) is 2.50. The van der Waals surface area contributed by atoms with Gasteiger partial charge in [-0.1, -0.05) is 0 Å². The van der Waals surface area contributed by atoms with Crippen molar-refractivity contribution < 1.29 is 14.3 Å². The molecule has 1 aromatic heterocycles. The van der Waals surface area contributed by atoms with Gasteiger partial charge in [0.1, 0.15) is 5.82 Å². The van der Waals surface area contributed by atoms with Gasteiger partial charge in [-0.25, -0.2) is 9.07 Å². The molecule has 0 amide bonds. The van der Waals surface area contributed by atoms with Crippen LogP contribution in [0.5, 0.6) is 0 Å². The second-order valence-electron chi connectivity index (χ2n) is 3.83. The fourth-order valence-corrected chi connectivity index (χ4v) is 1.55. The number of benzene rings is 1. The summed E-state index contributed by atoms with van der Waals surface area (Å²) < 4.78 is 14.5. The molecule has 1 N–H and O–H groups in total. The lowest BCUT2D eigenvalue weighted by Gasteiger charge is -2.04. The molecular weight excluding hydrogens is 239 g/mol. The summed E-state index contributed by atoms with van der Waals surface area (Å²) in [6, 6.07) is 4.52. The van der Waals surface area contributed by atoms with E-state index in [0.717, 1.165) is 0 Å². The molecule has 0 aliphatic carbocycles. The molecule has 1 heterocycles. The van der Waals surface area contributed by atoms with E-state index in [1.807, 2.05) is 0 Å². The van der Waals surface area contributed by atoms with Crippen LogP contribution in [0, 0.1) is 12.7 Å². The minimum absolute atomic E-state index is 0.0712. The van der Waals surface area contributed by atoms with Crippen LogP contribution < -0.4 is 0 Å².